The maximum Gasteiger partial charge on any atom is 0.119 e. The Bertz CT molecular complexity index is 679. The van der Waals surface area contributed by atoms with Crippen molar-refractivity contribution in [3.05, 3.63) is 47.5 Å². The van der Waals surface area contributed by atoms with Gasteiger partial charge in [-0.2, -0.15) is 0 Å². The quantitative estimate of drug-likeness (QED) is 0.943. The van der Waals surface area contributed by atoms with E-state index in [2.05, 4.69) is 39.3 Å². The van der Waals surface area contributed by atoms with Crippen LogP contribution in [0.3, 0.4) is 0 Å². The summed E-state index contributed by atoms with van der Waals surface area (Å²) in [7, 11) is 1.74. The third-order valence-electron chi connectivity index (χ3n) is 5.37. The van der Waals surface area contributed by atoms with Crippen molar-refractivity contribution in [1.29, 1.82) is 0 Å². The van der Waals surface area contributed by atoms with Gasteiger partial charge < -0.3 is 14.6 Å². The lowest BCUT2D eigenvalue weighted by atomic mass is 9.87. The normalized spacial score (nSPS) is 23.2. The van der Waals surface area contributed by atoms with Crippen molar-refractivity contribution in [1.82, 2.24) is 14.9 Å². The highest BCUT2D eigenvalue weighted by molar-refractivity contribution is 5.37. The summed E-state index contributed by atoms with van der Waals surface area (Å²) in [6.45, 7) is 2.22. The lowest BCUT2D eigenvalue weighted by Gasteiger charge is -2.29. The Morgan fingerprint density at radius 2 is 2.22 bits per heavy atom. The number of nitrogens with one attached hydrogen (secondary N) is 1. The summed E-state index contributed by atoms with van der Waals surface area (Å²) in [4.78, 5) is 4.41. The Morgan fingerprint density at radius 3 is 3.13 bits per heavy atom. The number of ether oxygens (including phenoxy) is 1. The molecule has 0 spiro atoms. The molecule has 4 heteroatoms. The SMILES string of the molecule is COc1ccc2c(c1)C[C@@H](NC[C@@H]1CCc3nccn3C1)CC2. The van der Waals surface area contributed by atoms with E-state index >= 15 is 0 Å². The highest BCUT2D eigenvalue weighted by Crippen LogP contribution is 2.26. The van der Waals surface area contributed by atoms with E-state index in [-0.39, 0.29) is 0 Å². The van der Waals surface area contributed by atoms with E-state index in [1.165, 1.54) is 36.2 Å². The Kier molecular flexibility index (Phi) is 4.08. The van der Waals surface area contributed by atoms with Crippen molar-refractivity contribution in [3.63, 3.8) is 0 Å². The zero-order valence-corrected chi connectivity index (χ0v) is 13.8. The van der Waals surface area contributed by atoms with E-state index in [1.54, 1.807) is 7.11 Å². The smallest absolute Gasteiger partial charge is 0.119 e. The Morgan fingerprint density at radius 1 is 1.26 bits per heavy atom. The standard InChI is InChI=1S/C19H25N3O/c1-23-18-6-4-15-3-5-17(10-16(15)11-18)21-12-14-2-7-19-20-8-9-22(19)13-14/h4,6,8-9,11,14,17,21H,2-3,5,7,10,12-13H2,1H3/t14-,17-/m0/s1. The fraction of sp³-hybridized carbons (Fsp3) is 0.526. The summed E-state index contributed by atoms with van der Waals surface area (Å²) in [5.74, 6) is 2.95. The molecule has 0 bridgehead atoms. The molecule has 0 fully saturated rings. The van der Waals surface area contributed by atoms with Gasteiger partial charge in [-0.3, -0.25) is 0 Å². The Balaban J connectivity index is 1.34. The first-order chi connectivity index (χ1) is 11.3. The van der Waals surface area contributed by atoms with Crippen LogP contribution < -0.4 is 10.1 Å². The lowest BCUT2D eigenvalue weighted by Crippen LogP contribution is -2.39. The Labute approximate surface area is 137 Å². The molecule has 1 N–H and O–H groups in total. The summed E-state index contributed by atoms with van der Waals surface area (Å²) in [6, 6.07) is 7.11. The minimum absolute atomic E-state index is 0.596. The zero-order chi connectivity index (χ0) is 15.6. The van der Waals surface area contributed by atoms with Crippen molar-refractivity contribution < 1.29 is 4.74 Å². The van der Waals surface area contributed by atoms with Gasteiger partial charge in [-0.25, -0.2) is 4.98 Å². The molecule has 2 aliphatic rings. The molecule has 1 aliphatic heterocycles. The first kappa shape index (κ1) is 14.8. The van der Waals surface area contributed by atoms with Crippen LogP contribution in [-0.2, 0) is 25.8 Å². The number of fused-ring (bicyclic) bond motifs is 2. The molecule has 0 saturated carbocycles. The van der Waals surface area contributed by atoms with Crippen LogP contribution in [0.2, 0.25) is 0 Å². The summed E-state index contributed by atoms with van der Waals surface area (Å²) in [5.41, 5.74) is 2.94. The van der Waals surface area contributed by atoms with Crippen molar-refractivity contribution in [2.24, 2.45) is 5.92 Å². The first-order valence-corrected chi connectivity index (χ1v) is 8.71. The van der Waals surface area contributed by atoms with Crippen LogP contribution in [-0.4, -0.2) is 29.2 Å². The molecule has 122 valence electrons. The van der Waals surface area contributed by atoms with Gasteiger partial charge in [0.05, 0.1) is 7.11 Å². The molecule has 0 unspecified atom stereocenters. The summed E-state index contributed by atoms with van der Waals surface area (Å²) < 4.78 is 7.68. The molecular weight excluding hydrogens is 286 g/mol. The van der Waals surface area contributed by atoms with Crippen LogP contribution in [0, 0.1) is 5.92 Å². The molecule has 2 heterocycles. The van der Waals surface area contributed by atoms with E-state index in [0.717, 1.165) is 37.6 Å². The molecule has 23 heavy (non-hydrogen) atoms. The molecule has 2 aromatic rings. The van der Waals surface area contributed by atoms with Crippen molar-refractivity contribution >= 4 is 0 Å². The number of rotatable bonds is 4. The molecular formula is C19H25N3O. The average Bonchev–Trinajstić information content (AvgIpc) is 3.07. The number of hydrogen-bond acceptors (Lipinski definition) is 3. The second kappa shape index (κ2) is 6.36. The number of methoxy groups -OCH3 is 1. The van der Waals surface area contributed by atoms with E-state index in [4.69, 9.17) is 4.74 Å². The van der Waals surface area contributed by atoms with Gasteiger partial charge in [0, 0.05) is 31.4 Å². The van der Waals surface area contributed by atoms with Crippen LogP contribution in [0.4, 0.5) is 0 Å². The van der Waals surface area contributed by atoms with Crippen LogP contribution in [0.5, 0.6) is 5.75 Å². The molecule has 4 nitrogen and oxygen atoms in total. The zero-order valence-electron chi connectivity index (χ0n) is 13.8. The van der Waals surface area contributed by atoms with Crippen molar-refractivity contribution in [2.45, 2.75) is 44.7 Å². The van der Waals surface area contributed by atoms with Gasteiger partial charge in [-0.15, -0.1) is 0 Å². The molecule has 0 radical (unpaired) electrons. The predicted molar refractivity (Wildman–Crippen MR) is 90.8 cm³/mol. The third-order valence-corrected chi connectivity index (χ3v) is 5.37. The minimum atomic E-state index is 0.596. The molecule has 4 rings (SSSR count). The second-order valence-electron chi connectivity index (χ2n) is 6.88. The molecule has 0 saturated heterocycles. The number of aromatic nitrogens is 2. The van der Waals surface area contributed by atoms with Gasteiger partial charge in [0.15, 0.2) is 0 Å². The van der Waals surface area contributed by atoms with Gasteiger partial charge in [0.25, 0.3) is 0 Å². The summed E-state index contributed by atoms with van der Waals surface area (Å²) in [5, 5.41) is 3.82. The van der Waals surface area contributed by atoms with E-state index in [1.807, 2.05) is 6.20 Å². The maximum absolute atomic E-state index is 5.37. The average molecular weight is 311 g/mol. The Hall–Kier alpha value is -1.81. The van der Waals surface area contributed by atoms with Crippen LogP contribution in [0.25, 0.3) is 0 Å². The number of imidazole rings is 1. The first-order valence-electron chi connectivity index (χ1n) is 8.71. The molecule has 0 amide bonds. The minimum Gasteiger partial charge on any atom is -0.497 e. The number of hydrogen-bond donors (Lipinski definition) is 1. The largest absolute Gasteiger partial charge is 0.497 e. The second-order valence-corrected chi connectivity index (χ2v) is 6.88. The van der Waals surface area contributed by atoms with E-state index in [9.17, 15) is 0 Å². The number of aryl methyl sites for hydroxylation is 2. The number of nitrogens with zero attached hydrogens (tertiary/aromatic N) is 2. The van der Waals surface area contributed by atoms with Crippen LogP contribution in [0.1, 0.15) is 29.8 Å². The van der Waals surface area contributed by atoms with Crippen LogP contribution >= 0.6 is 0 Å². The molecule has 2 atom stereocenters. The van der Waals surface area contributed by atoms with Crippen molar-refractivity contribution in [2.75, 3.05) is 13.7 Å². The van der Waals surface area contributed by atoms with Gasteiger partial charge in [0.2, 0.25) is 0 Å². The lowest BCUT2D eigenvalue weighted by molar-refractivity contribution is 0.322. The van der Waals surface area contributed by atoms with Crippen molar-refractivity contribution in [3.8, 4) is 5.75 Å². The van der Waals surface area contributed by atoms with Gasteiger partial charge in [-0.05, 0) is 61.4 Å². The summed E-state index contributed by atoms with van der Waals surface area (Å²) >= 11 is 0. The molecule has 1 aromatic heterocycles. The topological polar surface area (TPSA) is 39.1 Å². The highest BCUT2D eigenvalue weighted by atomic mass is 16.5. The monoisotopic (exact) mass is 311 g/mol. The fourth-order valence-electron chi connectivity index (χ4n) is 3.97. The number of benzene rings is 1. The van der Waals surface area contributed by atoms with Gasteiger partial charge >= 0.3 is 0 Å². The maximum atomic E-state index is 5.37. The van der Waals surface area contributed by atoms with Gasteiger partial charge in [-0.1, -0.05) is 6.07 Å². The highest BCUT2D eigenvalue weighted by Gasteiger charge is 2.22. The van der Waals surface area contributed by atoms with Crippen LogP contribution in [0.15, 0.2) is 30.6 Å². The third kappa shape index (κ3) is 3.13. The van der Waals surface area contributed by atoms with Gasteiger partial charge in [0.1, 0.15) is 11.6 Å². The molecule has 1 aliphatic carbocycles. The molecule has 1 aromatic carbocycles. The summed E-state index contributed by atoms with van der Waals surface area (Å²) in [6.07, 6.45) is 9.94. The predicted octanol–water partition coefficient (Wildman–Crippen LogP) is 2.60. The van der Waals surface area contributed by atoms with E-state index < -0.39 is 0 Å². The van der Waals surface area contributed by atoms with E-state index in [0.29, 0.717) is 6.04 Å². The fourth-order valence-corrected chi connectivity index (χ4v) is 3.97.